The molecule has 0 aromatic rings. The van der Waals surface area contributed by atoms with E-state index in [-0.39, 0.29) is 0 Å². The molecule has 0 aromatic carbocycles. The maximum absolute atomic E-state index is 5.90. The van der Waals surface area contributed by atoms with Crippen molar-refractivity contribution in [3.05, 3.63) is 0 Å². The maximum Gasteiger partial charge on any atom is 0.189 e. The molecule has 0 heterocycles. The molecule has 0 amide bonds. The molecule has 0 spiro atoms. The number of hydrogen-bond donors (Lipinski definition) is 2. The fourth-order valence-electron chi connectivity index (χ4n) is 2.38. The molecule has 0 bridgehead atoms. The van der Waals surface area contributed by atoms with Crippen molar-refractivity contribution in [2.45, 2.75) is 69.9 Å². The zero-order valence-electron chi connectivity index (χ0n) is 9.54. The quantitative estimate of drug-likeness (QED) is 0.416. The number of guanidine groups is 1. The fourth-order valence-corrected chi connectivity index (χ4v) is 2.38. The average molecular weight is 209 g/mol. The van der Waals surface area contributed by atoms with E-state index in [9.17, 15) is 0 Å². The van der Waals surface area contributed by atoms with E-state index in [1.807, 2.05) is 0 Å². The van der Waals surface area contributed by atoms with Crippen LogP contribution in [0.5, 0.6) is 0 Å². The zero-order chi connectivity index (χ0) is 10.5. The topological polar surface area (TPSA) is 50.4 Å². The minimum Gasteiger partial charge on any atom is -0.370 e. The van der Waals surface area contributed by atoms with Crippen LogP contribution in [0.2, 0.25) is 0 Å². The van der Waals surface area contributed by atoms with Crippen LogP contribution in [0.1, 0.15) is 57.8 Å². The fraction of sp³-hybridized carbons (Fsp3) is 0.917. The third-order valence-corrected chi connectivity index (χ3v) is 3.60. The first-order valence-electron chi connectivity index (χ1n) is 6.44. The van der Waals surface area contributed by atoms with Crippen molar-refractivity contribution in [1.29, 1.82) is 0 Å². The van der Waals surface area contributed by atoms with Gasteiger partial charge in [-0.15, -0.1) is 0 Å². The van der Waals surface area contributed by atoms with Gasteiger partial charge in [0.2, 0.25) is 0 Å². The van der Waals surface area contributed by atoms with Gasteiger partial charge >= 0.3 is 0 Å². The van der Waals surface area contributed by atoms with E-state index < -0.39 is 0 Å². The maximum atomic E-state index is 5.90. The second-order valence-electron chi connectivity index (χ2n) is 4.93. The lowest BCUT2D eigenvalue weighted by atomic mass is 9.93. The molecule has 3 heteroatoms. The molecule has 0 saturated heterocycles. The predicted octanol–water partition coefficient (Wildman–Crippen LogP) is 2.17. The zero-order valence-corrected chi connectivity index (χ0v) is 9.54. The van der Waals surface area contributed by atoms with Crippen LogP contribution in [0.15, 0.2) is 4.99 Å². The van der Waals surface area contributed by atoms with E-state index in [1.165, 1.54) is 57.8 Å². The number of nitrogens with zero attached hydrogens (tertiary/aromatic N) is 1. The number of nitrogens with one attached hydrogen (secondary N) is 1. The minimum atomic E-state index is 0.486. The normalized spacial score (nSPS) is 25.7. The molecule has 0 aromatic heterocycles. The highest BCUT2D eigenvalue weighted by atomic mass is 15.1. The Morgan fingerprint density at radius 2 is 1.60 bits per heavy atom. The molecule has 0 atom stereocenters. The SMILES string of the molecule is NC(=NC1CCCCCC1)NC1CCC1. The van der Waals surface area contributed by atoms with Crippen LogP contribution in [0.3, 0.4) is 0 Å². The molecule has 0 unspecified atom stereocenters. The van der Waals surface area contributed by atoms with Crippen LogP contribution in [-0.4, -0.2) is 18.0 Å². The molecule has 0 radical (unpaired) electrons. The molecule has 86 valence electrons. The van der Waals surface area contributed by atoms with Crippen LogP contribution in [0.25, 0.3) is 0 Å². The Morgan fingerprint density at radius 1 is 0.933 bits per heavy atom. The van der Waals surface area contributed by atoms with Gasteiger partial charge in [0, 0.05) is 6.04 Å². The van der Waals surface area contributed by atoms with Crippen molar-refractivity contribution in [1.82, 2.24) is 5.32 Å². The Balaban J connectivity index is 1.77. The lowest BCUT2D eigenvalue weighted by Crippen LogP contribution is -2.44. The van der Waals surface area contributed by atoms with Crippen molar-refractivity contribution in [3.8, 4) is 0 Å². The van der Waals surface area contributed by atoms with Gasteiger partial charge in [0.1, 0.15) is 0 Å². The molecule has 2 aliphatic carbocycles. The van der Waals surface area contributed by atoms with E-state index in [2.05, 4.69) is 10.3 Å². The number of hydrogen-bond acceptors (Lipinski definition) is 1. The summed E-state index contributed by atoms with van der Waals surface area (Å²) in [4.78, 5) is 4.60. The third kappa shape index (κ3) is 3.40. The van der Waals surface area contributed by atoms with Crippen LogP contribution < -0.4 is 11.1 Å². The van der Waals surface area contributed by atoms with Crippen LogP contribution >= 0.6 is 0 Å². The lowest BCUT2D eigenvalue weighted by molar-refractivity contribution is 0.381. The lowest BCUT2D eigenvalue weighted by Gasteiger charge is -2.27. The van der Waals surface area contributed by atoms with Gasteiger partial charge in [-0.25, -0.2) is 0 Å². The smallest absolute Gasteiger partial charge is 0.189 e. The highest BCUT2D eigenvalue weighted by molar-refractivity contribution is 5.78. The molecule has 2 aliphatic rings. The van der Waals surface area contributed by atoms with E-state index in [0.717, 1.165) is 0 Å². The van der Waals surface area contributed by atoms with Gasteiger partial charge < -0.3 is 11.1 Å². The Labute approximate surface area is 92.5 Å². The minimum absolute atomic E-state index is 0.486. The van der Waals surface area contributed by atoms with Gasteiger partial charge in [-0.1, -0.05) is 25.7 Å². The van der Waals surface area contributed by atoms with Crippen LogP contribution in [-0.2, 0) is 0 Å². The Bertz CT molecular complexity index is 213. The standard InChI is InChI=1S/C12H23N3/c13-12(15-11-8-5-9-11)14-10-6-3-1-2-4-7-10/h10-11H,1-9H2,(H3,13,14,15). The monoisotopic (exact) mass is 209 g/mol. The van der Waals surface area contributed by atoms with Gasteiger partial charge in [0.15, 0.2) is 5.96 Å². The van der Waals surface area contributed by atoms with E-state index in [1.54, 1.807) is 0 Å². The Kier molecular flexibility index (Phi) is 3.87. The van der Waals surface area contributed by atoms with Crippen molar-refractivity contribution in [3.63, 3.8) is 0 Å². The summed E-state index contributed by atoms with van der Waals surface area (Å²) in [5, 5.41) is 3.31. The van der Waals surface area contributed by atoms with Crippen molar-refractivity contribution in [2.24, 2.45) is 10.7 Å². The van der Waals surface area contributed by atoms with Gasteiger partial charge in [-0.2, -0.15) is 0 Å². The first kappa shape index (κ1) is 10.8. The van der Waals surface area contributed by atoms with Gasteiger partial charge in [0.25, 0.3) is 0 Å². The highest BCUT2D eigenvalue weighted by Gasteiger charge is 2.18. The summed E-state index contributed by atoms with van der Waals surface area (Å²) in [5.41, 5.74) is 5.90. The largest absolute Gasteiger partial charge is 0.370 e. The Hall–Kier alpha value is -0.730. The second kappa shape index (κ2) is 5.38. The first-order chi connectivity index (χ1) is 7.34. The van der Waals surface area contributed by atoms with E-state index >= 15 is 0 Å². The second-order valence-corrected chi connectivity index (χ2v) is 4.93. The van der Waals surface area contributed by atoms with Gasteiger partial charge in [0.05, 0.1) is 6.04 Å². The number of aliphatic imine (C=N–C) groups is 1. The summed E-state index contributed by atoms with van der Waals surface area (Å²) in [7, 11) is 0. The summed E-state index contributed by atoms with van der Waals surface area (Å²) >= 11 is 0. The van der Waals surface area contributed by atoms with E-state index in [0.29, 0.717) is 18.0 Å². The third-order valence-electron chi connectivity index (χ3n) is 3.60. The average Bonchev–Trinajstić information content (AvgIpc) is 2.40. The molecule has 2 rings (SSSR count). The predicted molar refractivity (Wildman–Crippen MR) is 63.9 cm³/mol. The highest BCUT2D eigenvalue weighted by Crippen LogP contribution is 2.20. The summed E-state index contributed by atoms with van der Waals surface area (Å²) < 4.78 is 0. The van der Waals surface area contributed by atoms with Crippen LogP contribution in [0, 0.1) is 0 Å². The molecule has 3 nitrogen and oxygen atoms in total. The van der Waals surface area contributed by atoms with Crippen molar-refractivity contribution >= 4 is 5.96 Å². The van der Waals surface area contributed by atoms with Crippen molar-refractivity contribution in [2.75, 3.05) is 0 Å². The molecule has 2 fully saturated rings. The summed E-state index contributed by atoms with van der Waals surface area (Å²) in [6.07, 6.45) is 11.7. The number of nitrogens with two attached hydrogens (primary N) is 1. The summed E-state index contributed by atoms with van der Waals surface area (Å²) in [6, 6.07) is 1.10. The Morgan fingerprint density at radius 3 is 2.13 bits per heavy atom. The molecular weight excluding hydrogens is 186 g/mol. The molecule has 3 N–H and O–H groups in total. The van der Waals surface area contributed by atoms with E-state index in [4.69, 9.17) is 5.73 Å². The summed E-state index contributed by atoms with van der Waals surface area (Å²) in [5.74, 6) is 0.687. The molecule has 2 saturated carbocycles. The first-order valence-corrected chi connectivity index (χ1v) is 6.44. The molecule has 0 aliphatic heterocycles. The molecule has 15 heavy (non-hydrogen) atoms. The summed E-state index contributed by atoms with van der Waals surface area (Å²) in [6.45, 7) is 0. The van der Waals surface area contributed by atoms with Gasteiger partial charge in [-0.05, 0) is 32.1 Å². The number of rotatable bonds is 2. The van der Waals surface area contributed by atoms with Gasteiger partial charge in [-0.3, -0.25) is 4.99 Å². The van der Waals surface area contributed by atoms with Crippen molar-refractivity contribution < 1.29 is 0 Å². The van der Waals surface area contributed by atoms with Crippen LogP contribution in [0.4, 0.5) is 0 Å². The molecular formula is C12H23N3.